The van der Waals surface area contributed by atoms with E-state index >= 15 is 0 Å². The third kappa shape index (κ3) is 3.68. The lowest BCUT2D eigenvalue weighted by atomic mass is 9.94. The minimum Gasteiger partial charge on any atom is -0.404 e. The van der Waals surface area contributed by atoms with Crippen molar-refractivity contribution in [2.45, 2.75) is 12.5 Å². The predicted octanol–water partition coefficient (Wildman–Crippen LogP) is 2.79. The zero-order valence-corrected chi connectivity index (χ0v) is 11.0. The summed E-state index contributed by atoms with van der Waals surface area (Å²) in [5.41, 5.74) is 7.31. The zero-order chi connectivity index (χ0) is 14.4. The van der Waals surface area contributed by atoms with Gasteiger partial charge in [-0.3, -0.25) is 0 Å². The van der Waals surface area contributed by atoms with Crippen molar-refractivity contribution < 1.29 is 5.11 Å². The molecule has 4 N–H and O–H groups in total. The van der Waals surface area contributed by atoms with Crippen molar-refractivity contribution in [2.24, 2.45) is 5.73 Å². The normalized spacial score (nSPS) is 12.6. The quantitative estimate of drug-likeness (QED) is 0.570. The molecule has 1 unspecified atom stereocenters. The summed E-state index contributed by atoms with van der Waals surface area (Å²) in [6, 6.07) is 6.80. The van der Waals surface area contributed by atoms with E-state index in [-0.39, 0.29) is 12.0 Å². The van der Waals surface area contributed by atoms with Crippen LogP contribution in [0.15, 0.2) is 36.6 Å². The molecule has 0 amide bonds. The first-order valence-corrected chi connectivity index (χ1v) is 5.89. The largest absolute Gasteiger partial charge is 0.404 e. The number of aliphatic hydroxyl groups is 1. The molecule has 0 aliphatic carbocycles. The first-order valence-electron chi connectivity index (χ1n) is 5.51. The molecule has 0 aromatic heterocycles. The number of hydrogen-bond donors (Lipinski definition) is 3. The summed E-state index contributed by atoms with van der Waals surface area (Å²) in [4.78, 5) is 0. The fourth-order valence-corrected chi connectivity index (χ4v) is 1.85. The van der Waals surface area contributed by atoms with Gasteiger partial charge in [-0.2, -0.15) is 5.26 Å². The number of halogens is 1. The van der Waals surface area contributed by atoms with Gasteiger partial charge in [-0.15, -0.1) is 0 Å². The molecule has 19 heavy (non-hydrogen) atoms. The van der Waals surface area contributed by atoms with Gasteiger partial charge >= 0.3 is 0 Å². The number of nitrogens with zero attached hydrogens (tertiary/aromatic N) is 1. The molecule has 1 aromatic carbocycles. The second-order valence-corrected chi connectivity index (χ2v) is 4.37. The Balaban J connectivity index is 3.24. The molecule has 0 saturated heterocycles. The Morgan fingerprint density at radius 2 is 2.32 bits per heavy atom. The fourth-order valence-electron chi connectivity index (χ4n) is 1.67. The second-order valence-electron chi connectivity index (χ2n) is 3.93. The average Bonchev–Trinajstić information content (AvgIpc) is 2.40. The number of nitrogens with two attached hydrogens (primary N) is 1. The van der Waals surface area contributed by atoms with E-state index in [9.17, 15) is 5.11 Å². The number of aliphatic hydroxyl groups excluding tert-OH is 1. The van der Waals surface area contributed by atoms with E-state index in [1.807, 2.05) is 6.07 Å². The molecule has 1 atom stereocenters. The molecule has 5 heteroatoms. The minimum atomic E-state index is -0.894. The van der Waals surface area contributed by atoms with Gasteiger partial charge < -0.3 is 16.2 Å². The molecule has 0 spiro atoms. The molecule has 4 nitrogen and oxygen atoms in total. The second kappa shape index (κ2) is 6.74. The van der Waals surface area contributed by atoms with Crippen molar-refractivity contribution >= 4 is 23.4 Å². The summed E-state index contributed by atoms with van der Waals surface area (Å²) >= 11 is 5.92. The van der Waals surface area contributed by atoms with Gasteiger partial charge in [0, 0.05) is 35.0 Å². The van der Waals surface area contributed by atoms with E-state index < -0.39 is 6.10 Å². The summed E-state index contributed by atoms with van der Waals surface area (Å²) in [6.07, 6.45) is 1.59. The van der Waals surface area contributed by atoms with Crippen LogP contribution in [0.2, 0.25) is 5.02 Å². The molecule has 1 rings (SSSR count). The molecule has 0 saturated carbocycles. The lowest BCUT2D eigenvalue weighted by Crippen LogP contribution is -2.04. The van der Waals surface area contributed by atoms with Crippen molar-refractivity contribution in [3.8, 4) is 6.07 Å². The highest BCUT2D eigenvalue weighted by Crippen LogP contribution is 2.29. The van der Waals surface area contributed by atoms with Crippen LogP contribution in [0.1, 0.15) is 23.7 Å². The first kappa shape index (κ1) is 15.0. The van der Waals surface area contributed by atoms with Gasteiger partial charge in [-0.05, 0) is 23.3 Å². The molecule has 0 radical (unpaired) electrons. The molecule has 0 aliphatic rings. The SMILES string of the molecule is C=C(C#N)CC(O)c1ccc(Cl)cc1/C(C=N)=C/N. The Kier molecular flexibility index (Phi) is 5.31. The Morgan fingerprint density at radius 3 is 2.84 bits per heavy atom. The van der Waals surface area contributed by atoms with Crippen LogP contribution in [-0.2, 0) is 0 Å². The lowest BCUT2D eigenvalue weighted by Gasteiger charge is -2.15. The van der Waals surface area contributed by atoms with E-state index in [1.54, 1.807) is 18.2 Å². The van der Waals surface area contributed by atoms with Crippen molar-refractivity contribution in [2.75, 3.05) is 0 Å². The van der Waals surface area contributed by atoms with Crippen molar-refractivity contribution in [1.82, 2.24) is 0 Å². The monoisotopic (exact) mass is 275 g/mol. The van der Waals surface area contributed by atoms with Crippen LogP contribution in [0, 0.1) is 16.7 Å². The number of rotatable bonds is 5. The Hall–Kier alpha value is -2.09. The van der Waals surface area contributed by atoms with E-state index in [0.29, 0.717) is 21.7 Å². The van der Waals surface area contributed by atoms with Gasteiger partial charge in [0.1, 0.15) is 0 Å². The molecule has 0 heterocycles. The number of nitriles is 1. The van der Waals surface area contributed by atoms with Gasteiger partial charge in [0.05, 0.1) is 12.2 Å². The summed E-state index contributed by atoms with van der Waals surface area (Å²) < 4.78 is 0. The zero-order valence-electron chi connectivity index (χ0n) is 10.2. The van der Waals surface area contributed by atoms with Crippen LogP contribution in [0.25, 0.3) is 5.57 Å². The number of nitrogens with one attached hydrogen (secondary N) is 1. The van der Waals surface area contributed by atoms with Gasteiger partial charge in [0.15, 0.2) is 0 Å². The third-order valence-electron chi connectivity index (χ3n) is 2.62. The minimum absolute atomic E-state index is 0.126. The Morgan fingerprint density at radius 1 is 1.63 bits per heavy atom. The fraction of sp³-hybridized carbons (Fsp3) is 0.143. The molecular weight excluding hydrogens is 262 g/mol. The van der Waals surface area contributed by atoms with Crippen molar-refractivity contribution in [3.63, 3.8) is 0 Å². The van der Waals surface area contributed by atoms with E-state index in [2.05, 4.69) is 6.58 Å². The highest BCUT2D eigenvalue weighted by atomic mass is 35.5. The van der Waals surface area contributed by atoms with Crippen molar-refractivity contribution in [1.29, 1.82) is 10.7 Å². The maximum atomic E-state index is 10.1. The first-order chi connectivity index (χ1) is 9.03. The van der Waals surface area contributed by atoms with Gasteiger partial charge in [-0.1, -0.05) is 24.2 Å². The number of hydrogen-bond acceptors (Lipinski definition) is 4. The third-order valence-corrected chi connectivity index (χ3v) is 2.85. The lowest BCUT2D eigenvalue weighted by molar-refractivity contribution is 0.179. The Bertz CT molecular complexity index is 573. The molecule has 0 aliphatic heterocycles. The summed E-state index contributed by atoms with van der Waals surface area (Å²) in [5, 5.41) is 26.6. The van der Waals surface area contributed by atoms with Gasteiger partial charge in [-0.25, -0.2) is 0 Å². The van der Waals surface area contributed by atoms with Crippen LogP contribution < -0.4 is 5.73 Å². The van der Waals surface area contributed by atoms with E-state index in [0.717, 1.165) is 6.21 Å². The number of allylic oxidation sites excluding steroid dienone is 1. The molecular formula is C14H14ClN3O. The van der Waals surface area contributed by atoms with E-state index in [4.69, 9.17) is 28.0 Å². The molecule has 1 aromatic rings. The van der Waals surface area contributed by atoms with Gasteiger partial charge in [0.2, 0.25) is 0 Å². The maximum Gasteiger partial charge on any atom is 0.0941 e. The maximum absolute atomic E-state index is 10.1. The molecule has 0 bridgehead atoms. The van der Waals surface area contributed by atoms with Crippen LogP contribution >= 0.6 is 11.6 Å². The standard InChI is InChI=1S/C14H14ClN3O/c1-9(6-16)4-14(19)12-3-2-11(15)5-13(12)10(7-17)8-18/h2-3,5,7-8,14,17,19H,1,4,18H2/b10-8+,17-7?. The van der Waals surface area contributed by atoms with Crippen LogP contribution in [0.5, 0.6) is 0 Å². The highest BCUT2D eigenvalue weighted by molar-refractivity contribution is 6.31. The van der Waals surface area contributed by atoms with Gasteiger partial charge in [0.25, 0.3) is 0 Å². The summed E-state index contributed by atoms with van der Waals surface area (Å²) in [6.45, 7) is 3.54. The summed E-state index contributed by atoms with van der Waals surface area (Å²) in [5.74, 6) is 0. The van der Waals surface area contributed by atoms with E-state index in [1.165, 1.54) is 6.20 Å². The smallest absolute Gasteiger partial charge is 0.0941 e. The van der Waals surface area contributed by atoms with Crippen molar-refractivity contribution in [3.05, 3.63) is 52.7 Å². The molecule has 0 fully saturated rings. The highest BCUT2D eigenvalue weighted by Gasteiger charge is 2.15. The number of benzene rings is 1. The Labute approximate surface area is 116 Å². The average molecular weight is 276 g/mol. The topological polar surface area (TPSA) is 93.9 Å². The van der Waals surface area contributed by atoms with Crippen LogP contribution in [-0.4, -0.2) is 11.3 Å². The predicted molar refractivity (Wildman–Crippen MR) is 76.7 cm³/mol. The van der Waals surface area contributed by atoms with Crippen LogP contribution in [0.4, 0.5) is 0 Å². The van der Waals surface area contributed by atoms with Crippen LogP contribution in [0.3, 0.4) is 0 Å². The molecule has 98 valence electrons. The summed E-state index contributed by atoms with van der Waals surface area (Å²) in [7, 11) is 0.